The molecule has 0 saturated heterocycles. The molecule has 0 amide bonds. The minimum Gasteiger partial charge on any atom is -0.311 e. The van der Waals surface area contributed by atoms with E-state index in [0.29, 0.717) is 5.69 Å². The van der Waals surface area contributed by atoms with Gasteiger partial charge in [0.1, 0.15) is 0 Å². The van der Waals surface area contributed by atoms with Crippen LogP contribution in [0.3, 0.4) is 0 Å². The predicted molar refractivity (Wildman–Crippen MR) is 275 cm³/mol. The summed E-state index contributed by atoms with van der Waals surface area (Å²) in [5.74, 6) is 0. The standard InChI is InChI=1S/C61H38BF3N2S/c1-37-27-33-43(38-15-4-2-5-16-38)47(35-37)39-28-34-51-54(36-39)66(42-31-29-40(30-32-42)61(63,64)65)52-25-14-26-53-56(52)62(51)59-57(67(53)41-17-6-3-7-18-41)55-46-21-10-13-24-50(46)60(58(55)68-59)48-22-11-8-19-44(48)45-20-9-12-23-49(45)60/h2-36H,1H3. The van der Waals surface area contributed by atoms with E-state index >= 15 is 0 Å². The number of hydrogen-bond acceptors (Lipinski definition) is 3. The Bertz CT molecular complexity index is 3660. The molecule has 2 aliphatic heterocycles. The maximum absolute atomic E-state index is 14.2. The van der Waals surface area contributed by atoms with Crippen LogP contribution in [0.1, 0.15) is 32.7 Å². The van der Waals surface area contributed by atoms with Crippen molar-refractivity contribution in [3.63, 3.8) is 0 Å². The summed E-state index contributed by atoms with van der Waals surface area (Å²) in [5.41, 5.74) is 21.2. The zero-order valence-corrected chi connectivity index (χ0v) is 37.5. The smallest absolute Gasteiger partial charge is 0.311 e. The molecular formula is C61H38BF3N2S. The highest BCUT2D eigenvalue weighted by Crippen LogP contribution is 2.67. The fourth-order valence-corrected chi connectivity index (χ4v) is 13.7. The Balaban J connectivity index is 1.09. The van der Waals surface area contributed by atoms with Gasteiger partial charge in [-0.05, 0) is 128 Å². The van der Waals surface area contributed by atoms with Gasteiger partial charge in [-0.1, -0.05) is 163 Å². The SMILES string of the molecule is Cc1ccc(-c2ccccc2)c(-c2ccc3c(c2)N(c2ccc(C(F)(F)F)cc2)c2cccc4c2B3c2sc3c(c2N4c2ccccc2)-c2ccccc2C32c3ccccc3-c3ccccc32)c1. The molecule has 3 heterocycles. The van der Waals surface area contributed by atoms with Gasteiger partial charge in [0.15, 0.2) is 0 Å². The van der Waals surface area contributed by atoms with Crippen LogP contribution >= 0.6 is 11.3 Å². The van der Waals surface area contributed by atoms with E-state index in [1.54, 1.807) is 12.1 Å². The average molecular weight is 899 g/mol. The van der Waals surface area contributed by atoms with E-state index in [1.165, 1.54) is 66.4 Å². The quantitative estimate of drug-likeness (QED) is 0.162. The van der Waals surface area contributed by atoms with E-state index in [0.717, 1.165) is 61.5 Å². The number of fused-ring (bicyclic) bond motifs is 15. The molecule has 14 rings (SSSR count). The highest BCUT2D eigenvalue weighted by atomic mass is 32.1. The van der Waals surface area contributed by atoms with Gasteiger partial charge in [-0.2, -0.15) is 13.2 Å². The molecule has 0 radical (unpaired) electrons. The molecule has 0 atom stereocenters. The van der Waals surface area contributed by atoms with Gasteiger partial charge in [0.25, 0.3) is 6.71 Å². The Morgan fingerprint density at radius 2 is 1.06 bits per heavy atom. The minimum atomic E-state index is -4.47. The largest absolute Gasteiger partial charge is 0.416 e. The molecule has 2 nitrogen and oxygen atoms in total. The van der Waals surface area contributed by atoms with Crippen LogP contribution in [0.5, 0.6) is 0 Å². The summed E-state index contributed by atoms with van der Waals surface area (Å²) in [5, 5.41) is 0. The summed E-state index contributed by atoms with van der Waals surface area (Å²) in [4.78, 5) is 5.97. The molecule has 2 aliphatic carbocycles. The van der Waals surface area contributed by atoms with Crippen molar-refractivity contribution in [1.29, 1.82) is 0 Å². The van der Waals surface area contributed by atoms with Gasteiger partial charge in [-0.15, -0.1) is 11.3 Å². The van der Waals surface area contributed by atoms with Crippen LogP contribution in [0.4, 0.5) is 47.3 Å². The second-order valence-corrected chi connectivity index (χ2v) is 19.3. The molecule has 1 aromatic heterocycles. The molecule has 0 saturated carbocycles. The van der Waals surface area contributed by atoms with E-state index in [2.05, 4.69) is 199 Å². The van der Waals surface area contributed by atoms with Gasteiger partial charge in [-0.25, -0.2) is 0 Å². The van der Waals surface area contributed by atoms with Gasteiger partial charge < -0.3 is 9.80 Å². The number of anilines is 6. The molecule has 322 valence electrons. The Morgan fingerprint density at radius 3 is 1.74 bits per heavy atom. The van der Waals surface area contributed by atoms with Crippen molar-refractivity contribution in [1.82, 2.24) is 0 Å². The third-order valence-electron chi connectivity index (χ3n) is 14.7. The van der Waals surface area contributed by atoms with Gasteiger partial charge in [0.05, 0.1) is 16.7 Å². The lowest BCUT2D eigenvalue weighted by Gasteiger charge is -2.43. The van der Waals surface area contributed by atoms with Crippen LogP contribution in [-0.4, -0.2) is 6.71 Å². The number of nitrogens with zero attached hydrogens (tertiary/aromatic N) is 2. The fourth-order valence-electron chi connectivity index (χ4n) is 12.0. The average Bonchev–Trinajstić information content (AvgIpc) is 4.01. The number of alkyl halides is 3. The molecule has 7 heteroatoms. The summed E-state index contributed by atoms with van der Waals surface area (Å²) in [7, 11) is 0. The van der Waals surface area contributed by atoms with Crippen LogP contribution < -0.4 is 25.5 Å². The maximum atomic E-state index is 14.2. The zero-order valence-electron chi connectivity index (χ0n) is 36.7. The van der Waals surface area contributed by atoms with E-state index in [4.69, 9.17) is 0 Å². The van der Waals surface area contributed by atoms with Crippen molar-refractivity contribution in [3.8, 4) is 44.5 Å². The first-order chi connectivity index (χ1) is 33.3. The molecule has 0 fully saturated rings. The Hall–Kier alpha value is -7.87. The van der Waals surface area contributed by atoms with Gasteiger partial charge in [-0.3, -0.25) is 0 Å². The van der Waals surface area contributed by atoms with Crippen molar-refractivity contribution in [2.24, 2.45) is 0 Å². The van der Waals surface area contributed by atoms with Crippen LogP contribution in [-0.2, 0) is 11.6 Å². The summed E-state index contributed by atoms with van der Waals surface area (Å²) in [6.07, 6.45) is -4.47. The molecule has 4 aliphatic rings. The van der Waals surface area contributed by atoms with Crippen molar-refractivity contribution in [2.45, 2.75) is 18.5 Å². The summed E-state index contributed by atoms with van der Waals surface area (Å²) >= 11 is 1.92. The monoisotopic (exact) mass is 898 g/mol. The molecule has 0 unspecified atom stereocenters. The van der Waals surface area contributed by atoms with Gasteiger partial charge in [0, 0.05) is 43.7 Å². The van der Waals surface area contributed by atoms with Crippen LogP contribution in [0.25, 0.3) is 44.5 Å². The van der Waals surface area contributed by atoms with E-state index < -0.39 is 17.2 Å². The fraction of sp³-hybridized carbons (Fsp3) is 0.0492. The Labute approximate surface area is 396 Å². The lowest BCUT2D eigenvalue weighted by Crippen LogP contribution is -2.60. The number of benzene rings is 9. The number of halogens is 3. The molecule has 1 spiro atoms. The topological polar surface area (TPSA) is 6.48 Å². The molecule has 10 aromatic rings. The van der Waals surface area contributed by atoms with E-state index in [1.807, 2.05) is 17.4 Å². The van der Waals surface area contributed by atoms with E-state index in [-0.39, 0.29) is 6.71 Å². The molecule has 0 N–H and O–H groups in total. The Kier molecular flexibility index (Phi) is 8.28. The van der Waals surface area contributed by atoms with Crippen LogP contribution in [0, 0.1) is 6.92 Å². The molecule has 68 heavy (non-hydrogen) atoms. The molecular weight excluding hydrogens is 861 g/mol. The lowest BCUT2D eigenvalue weighted by atomic mass is 9.36. The minimum absolute atomic E-state index is 0.191. The Morgan fingerprint density at radius 1 is 0.471 bits per heavy atom. The van der Waals surface area contributed by atoms with Crippen molar-refractivity contribution in [2.75, 3.05) is 9.80 Å². The third kappa shape index (κ3) is 5.31. The van der Waals surface area contributed by atoms with Gasteiger partial charge >= 0.3 is 6.18 Å². The number of para-hydroxylation sites is 1. The summed E-state index contributed by atoms with van der Waals surface area (Å²) in [6, 6.07) is 73.5. The maximum Gasteiger partial charge on any atom is 0.416 e. The first-order valence-corrected chi connectivity index (χ1v) is 23.8. The first-order valence-electron chi connectivity index (χ1n) is 23.0. The number of thiophene rings is 1. The molecule has 9 aromatic carbocycles. The lowest BCUT2D eigenvalue weighted by molar-refractivity contribution is -0.137. The summed E-state index contributed by atoms with van der Waals surface area (Å²) < 4.78 is 43.9. The normalized spacial score (nSPS) is 14.2. The van der Waals surface area contributed by atoms with Crippen LogP contribution in [0.15, 0.2) is 212 Å². The predicted octanol–water partition coefficient (Wildman–Crippen LogP) is 14.8. The molecule has 0 bridgehead atoms. The first kappa shape index (κ1) is 39.3. The third-order valence-corrected chi connectivity index (χ3v) is 16.1. The highest BCUT2D eigenvalue weighted by Gasteiger charge is 2.56. The van der Waals surface area contributed by atoms with Crippen molar-refractivity contribution < 1.29 is 13.2 Å². The van der Waals surface area contributed by atoms with Crippen LogP contribution in [0.2, 0.25) is 0 Å². The second kappa shape index (κ2) is 14.3. The zero-order chi connectivity index (χ0) is 45.5. The van der Waals surface area contributed by atoms with Crippen molar-refractivity contribution >= 4 is 67.9 Å². The van der Waals surface area contributed by atoms with Gasteiger partial charge in [0.2, 0.25) is 0 Å². The number of rotatable bonds is 4. The summed E-state index contributed by atoms with van der Waals surface area (Å²) in [6.45, 7) is 1.93. The highest BCUT2D eigenvalue weighted by molar-refractivity contribution is 7.30. The number of hydrogen-bond donors (Lipinski definition) is 0. The van der Waals surface area contributed by atoms with Crippen molar-refractivity contribution in [3.05, 3.63) is 245 Å². The van der Waals surface area contributed by atoms with E-state index in [9.17, 15) is 13.2 Å². The second-order valence-electron chi connectivity index (χ2n) is 18.3. The number of aryl methyl sites for hydroxylation is 1.